The number of nitrogens with zero attached hydrogens (tertiary/aromatic N) is 2. The van der Waals surface area contributed by atoms with Crippen molar-refractivity contribution in [2.75, 3.05) is 20.2 Å². The fourth-order valence-corrected chi connectivity index (χ4v) is 5.76. The minimum absolute atomic E-state index is 0.0284. The summed E-state index contributed by atoms with van der Waals surface area (Å²) in [6.45, 7) is 1.88. The molecule has 0 bridgehead atoms. The van der Waals surface area contributed by atoms with Gasteiger partial charge in [0.25, 0.3) is 11.8 Å². The smallest absolute Gasteiger partial charge is 0.254 e. The minimum atomic E-state index is -1.59. The van der Waals surface area contributed by atoms with Gasteiger partial charge in [0.2, 0.25) is 5.91 Å². The Kier molecular flexibility index (Phi) is 6.31. The molecule has 3 amide bonds. The molecule has 6 rings (SSSR count). The van der Waals surface area contributed by atoms with E-state index in [0.717, 1.165) is 5.56 Å². The summed E-state index contributed by atoms with van der Waals surface area (Å²) in [5, 5.41) is 14.8. The number of carbonyl (C=O) groups excluding carboxylic acids is 3. The molecule has 9 nitrogen and oxygen atoms in total. The number of halogens is 2. The number of nitrogens with one attached hydrogen (secondary N) is 1. The fourth-order valence-electron chi connectivity index (χ4n) is 5.58. The van der Waals surface area contributed by atoms with E-state index in [1.165, 1.54) is 18.2 Å². The van der Waals surface area contributed by atoms with Crippen molar-refractivity contribution in [3.63, 3.8) is 0 Å². The van der Waals surface area contributed by atoms with E-state index < -0.39 is 28.6 Å². The second-order valence-electron chi connectivity index (χ2n) is 11.3. The van der Waals surface area contributed by atoms with Crippen LogP contribution in [-0.4, -0.2) is 52.9 Å². The molecule has 212 valence electrons. The Morgan fingerprint density at radius 2 is 2.02 bits per heavy atom. The third-order valence-corrected chi connectivity index (χ3v) is 8.67. The van der Waals surface area contributed by atoms with Gasteiger partial charge in [0.1, 0.15) is 34.9 Å². The number of hydrogen-bond acceptors (Lipinski definition) is 6. The highest BCUT2D eigenvalue weighted by molar-refractivity contribution is 6.31. The number of hydrogen-bond donors (Lipinski definition) is 3. The molecule has 0 saturated heterocycles. The van der Waals surface area contributed by atoms with Gasteiger partial charge >= 0.3 is 0 Å². The average Bonchev–Trinajstić information content (AvgIpc) is 3.70. The van der Waals surface area contributed by atoms with Crippen LogP contribution in [0.3, 0.4) is 0 Å². The van der Waals surface area contributed by atoms with Crippen LogP contribution in [0.4, 0.5) is 4.39 Å². The number of carbonyl (C=O) groups is 3. The third kappa shape index (κ3) is 4.42. The van der Waals surface area contributed by atoms with Crippen LogP contribution in [0.2, 0.25) is 5.02 Å². The zero-order valence-corrected chi connectivity index (χ0v) is 23.2. The van der Waals surface area contributed by atoms with Crippen molar-refractivity contribution in [2.24, 2.45) is 11.7 Å². The van der Waals surface area contributed by atoms with E-state index >= 15 is 0 Å². The standard InChI is InChI=1S/C30H28ClFN4O5/c1-29(28(33)39)14-41-25-20(29)11-23(35-24(25)15-4-8-22(32)21(31)10-15)30(40,18-5-6-18)13-34-26(37)16-3-7-19-17(9-16)12-36(2)27(19)38/h3-4,7-11,18,40H,5-6,12-14H2,1-2H3,(H2,33,39)(H,34,37)/t29-,30+/m0/s1. The quantitative estimate of drug-likeness (QED) is 0.394. The number of primary amides is 1. The number of fused-ring (bicyclic) bond motifs is 2. The highest BCUT2D eigenvalue weighted by atomic mass is 35.5. The van der Waals surface area contributed by atoms with Crippen LogP contribution in [0, 0.1) is 11.7 Å². The number of pyridine rings is 1. The molecule has 4 N–H and O–H groups in total. The Bertz CT molecular complexity index is 1640. The summed E-state index contributed by atoms with van der Waals surface area (Å²) < 4.78 is 19.9. The van der Waals surface area contributed by atoms with Crippen molar-refractivity contribution in [1.29, 1.82) is 0 Å². The maximum absolute atomic E-state index is 14.0. The summed E-state index contributed by atoms with van der Waals surface area (Å²) in [4.78, 5) is 44.3. The Labute approximate surface area is 240 Å². The first kappa shape index (κ1) is 27.2. The van der Waals surface area contributed by atoms with Gasteiger partial charge in [-0.3, -0.25) is 14.4 Å². The third-order valence-electron chi connectivity index (χ3n) is 8.38. The molecule has 11 heteroatoms. The van der Waals surface area contributed by atoms with Crippen molar-refractivity contribution in [3.8, 4) is 17.0 Å². The number of rotatable bonds is 7. The van der Waals surface area contributed by atoms with Gasteiger partial charge in [0, 0.05) is 35.8 Å². The summed E-state index contributed by atoms with van der Waals surface area (Å²) in [7, 11) is 1.70. The lowest BCUT2D eigenvalue weighted by atomic mass is 9.81. The highest BCUT2D eigenvalue weighted by Gasteiger charge is 2.50. The van der Waals surface area contributed by atoms with E-state index in [0.29, 0.717) is 47.4 Å². The maximum Gasteiger partial charge on any atom is 0.254 e. The second kappa shape index (κ2) is 9.53. The Hall–Kier alpha value is -4.02. The van der Waals surface area contributed by atoms with Gasteiger partial charge in [-0.2, -0.15) is 0 Å². The predicted octanol–water partition coefficient (Wildman–Crippen LogP) is 3.29. The van der Waals surface area contributed by atoms with Crippen molar-refractivity contribution in [1.82, 2.24) is 15.2 Å². The van der Waals surface area contributed by atoms with E-state index in [9.17, 15) is 23.9 Å². The summed E-state index contributed by atoms with van der Waals surface area (Å²) in [6.07, 6.45) is 1.42. The van der Waals surface area contributed by atoms with E-state index in [1.807, 2.05) is 0 Å². The number of aliphatic hydroxyl groups is 1. The first-order valence-electron chi connectivity index (χ1n) is 13.3. The van der Waals surface area contributed by atoms with Crippen LogP contribution in [0.15, 0.2) is 42.5 Å². The summed E-state index contributed by atoms with van der Waals surface area (Å²) >= 11 is 6.07. The molecule has 1 saturated carbocycles. The number of ether oxygens (including phenoxy) is 1. The van der Waals surface area contributed by atoms with Crippen LogP contribution >= 0.6 is 11.6 Å². The van der Waals surface area contributed by atoms with Crippen molar-refractivity contribution < 1.29 is 28.6 Å². The topological polar surface area (TPSA) is 135 Å². The average molecular weight is 579 g/mol. The lowest BCUT2D eigenvalue weighted by molar-refractivity contribution is -0.123. The zero-order chi connectivity index (χ0) is 29.3. The zero-order valence-electron chi connectivity index (χ0n) is 22.5. The second-order valence-corrected chi connectivity index (χ2v) is 11.7. The fraction of sp³-hybridized carbons (Fsp3) is 0.333. The van der Waals surface area contributed by atoms with Crippen LogP contribution in [0.1, 0.15) is 57.3 Å². The van der Waals surface area contributed by atoms with E-state index in [2.05, 4.69) is 5.32 Å². The molecule has 41 heavy (non-hydrogen) atoms. The molecule has 2 aliphatic heterocycles. The van der Waals surface area contributed by atoms with Crippen LogP contribution in [0.5, 0.6) is 5.75 Å². The summed E-state index contributed by atoms with van der Waals surface area (Å²) in [5.74, 6) is -1.62. The van der Waals surface area contributed by atoms with Crippen molar-refractivity contribution in [2.45, 2.75) is 37.3 Å². The molecular formula is C30H28ClFN4O5. The largest absolute Gasteiger partial charge is 0.489 e. The summed E-state index contributed by atoms with van der Waals surface area (Å²) in [6, 6.07) is 10.6. The molecule has 0 radical (unpaired) electrons. The molecule has 0 spiro atoms. The van der Waals surface area contributed by atoms with Crippen LogP contribution in [0.25, 0.3) is 11.3 Å². The SMILES string of the molecule is CN1Cc2cc(C(=O)NC[C@](O)(c3cc4c(c(-c5ccc(F)c(Cl)c5)n3)OC[C@]4(C)C(N)=O)C3CC3)ccc2C1=O. The molecule has 2 aromatic carbocycles. The van der Waals surface area contributed by atoms with Gasteiger partial charge in [-0.15, -0.1) is 0 Å². The van der Waals surface area contributed by atoms with E-state index in [4.69, 9.17) is 27.1 Å². The number of aromatic nitrogens is 1. The van der Waals surface area contributed by atoms with Crippen molar-refractivity contribution in [3.05, 3.63) is 81.3 Å². The number of amides is 3. The molecule has 1 aromatic heterocycles. The van der Waals surface area contributed by atoms with Gasteiger partial charge in [-0.05, 0) is 73.7 Å². The van der Waals surface area contributed by atoms with Gasteiger partial charge < -0.3 is 25.8 Å². The van der Waals surface area contributed by atoms with Crippen LogP contribution < -0.4 is 15.8 Å². The minimum Gasteiger partial charge on any atom is -0.489 e. The molecule has 3 heterocycles. The van der Waals surface area contributed by atoms with Crippen LogP contribution in [-0.2, 0) is 22.4 Å². The Morgan fingerprint density at radius 1 is 1.27 bits per heavy atom. The molecule has 3 aromatic rings. The lowest BCUT2D eigenvalue weighted by Gasteiger charge is -2.30. The molecule has 2 atom stereocenters. The van der Waals surface area contributed by atoms with Gasteiger partial charge in [0.15, 0.2) is 0 Å². The molecule has 1 fully saturated rings. The first-order valence-corrected chi connectivity index (χ1v) is 13.6. The Balaban J connectivity index is 1.38. The maximum atomic E-state index is 14.0. The molecular weight excluding hydrogens is 551 g/mol. The molecule has 0 unspecified atom stereocenters. The number of nitrogens with two attached hydrogens (primary N) is 1. The normalized spacial score (nSPS) is 20.7. The summed E-state index contributed by atoms with van der Waals surface area (Å²) in [5.41, 5.74) is 6.07. The molecule has 1 aliphatic carbocycles. The predicted molar refractivity (Wildman–Crippen MR) is 148 cm³/mol. The first-order chi connectivity index (χ1) is 19.4. The highest BCUT2D eigenvalue weighted by Crippen LogP contribution is 2.50. The molecule has 3 aliphatic rings. The van der Waals surface area contributed by atoms with E-state index in [-0.39, 0.29) is 41.4 Å². The monoisotopic (exact) mass is 578 g/mol. The van der Waals surface area contributed by atoms with E-state index in [1.54, 1.807) is 43.1 Å². The number of benzene rings is 2. The Morgan fingerprint density at radius 3 is 2.71 bits per heavy atom. The van der Waals surface area contributed by atoms with Crippen molar-refractivity contribution >= 4 is 29.3 Å². The van der Waals surface area contributed by atoms with Gasteiger partial charge in [0.05, 0.1) is 17.3 Å². The van der Waals surface area contributed by atoms with Gasteiger partial charge in [-0.25, -0.2) is 9.37 Å². The lowest BCUT2D eigenvalue weighted by Crippen LogP contribution is -2.44. The van der Waals surface area contributed by atoms with Gasteiger partial charge in [-0.1, -0.05) is 11.6 Å².